The number of ketones is 1. The summed E-state index contributed by atoms with van der Waals surface area (Å²) in [5.74, 6) is 0.140. The molecule has 3 heterocycles. The highest BCUT2D eigenvalue weighted by Crippen LogP contribution is 2.36. The first-order valence-corrected chi connectivity index (χ1v) is 12.2. The fraction of sp³-hybridized carbons (Fsp3) is 0.310. The SMILES string of the molecule is O=C(C[N+]12CCC(CC1)[C@@H](OC(=O)N(Cc1ccc(F)cc1)c1ccccc1)C2)c1ccccc1. The number of nitrogens with zero attached hydrogens (tertiary/aromatic N) is 2. The maximum atomic E-state index is 13.5. The van der Waals surface area contributed by atoms with Gasteiger partial charge in [0.05, 0.1) is 19.6 Å². The predicted octanol–water partition coefficient (Wildman–Crippen LogP) is 5.46. The standard InChI is InChI=1S/C29H30FN2O3/c30-25-13-11-22(12-14-25)19-31(26-9-5-2-6-10-26)29(34)35-28-21-32(17-15-24(28)16-18-32)20-27(33)23-7-3-1-4-8-23/h1-14,24,28H,15-21H2/q+1/t24?,28-,32?/m0/s1. The molecule has 0 unspecified atom stereocenters. The lowest BCUT2D eigenvalue weighted by molar-refractivity contribution is -0.938. The van der Waals surface area contributed by atoms with E-state index >= 15 is 0 Å². The number of amides is 1. The van der Waals surface area contributed by atoms with Crippen LogP contribution in [0.15, 0.2) is 84.9 Å². The van der Waals surface area contributed by atoms with Crippen LogP contribution in [0.5, 0.6) is 0 Å². The van der Waals surface area contributed by atoms with Crippen LogP contribution < -0.4 is 4.90 Å². The van der Waals surface area contributed by atoms with Gasteiger partial charge in [-0.15, -0.1) is 0 Å². The second kappa shape index (κ2) is 10.0. The van der Waals surface area contributed by atoms with Crippen molar-refractivity contribution < 1.29 is 23.2 Å². The highest BCUT2D eigenvalue weighted by molar-refractivity contribution is 5.97. The maximum Gasteiger partial charge on any atom is 0.415 e. The molecule has 0 radical (unpaired) electrons. The van der Waals surface area contributed by atoms with Gasteiger partial charge >= 0.3 is 6.09 Å². The van der Waals surface area contributed by atoms with Gasteiger partial charge in [-0.05, 0) is 29.8 Å². The number of ether oxygens (including phenoxy) is 1. The Hall–Kier alpha value is -3.51. The maximum absolute atomic E-state index is 13.5. The van der Waals surface area contributed by atoms with Gasteiger partial charge < -0.3 is 9.22 Å². The number of rotatable bonds is 7. The van der Waals surface area contributed by atoms with Crippen LogP contribution in [0.2, 0.25) is 0 Å². The van der Waals surface area contributed by atoms with Crippen molar-refractivity contribution in [1.82, 2.24) is 0 Å². The number of para-hydroxylation sites is 1. The fourth-order valence-electron chi connectivity index (χ4n) is 5.43. The van der Waals surface area contributed by atoms with Crippen molar-refractivity contribution in [3.05, 3.63) is 102 Å². The lowest BCUT2D eigenvalue weighted by Crippen LogP contribution is -2.66. The molecule has 0 saturated carbocycles. The molecule has 3 aliphatic rings. The topological polar surface area (TPSA) is 46.6 Å². The molecule has 0 aliphatic carbocycles. The van der Waals surface area contributed by atoms with Gasteiger partial charge in [0.1, 0.15) is 18.9 Å². The zero-order valence-corrected chi connectivity index (χ0v) is 19.7. The zero-order valence-electron chi connectivity index (χ0n) is 19.7. The van der Waals surface area contributed by atoms with Crippen LogP contribution in [-0.2, 0) is 11.3 Å². The number of fused-ring (bicyclic) bond motifs is 3. The number of piperidine rings is 3. The summed E-state index contributed by atoms with van der Waals surface area (Å²) < 4.78 is 20.2. The molecule has 0 spiro atoms. The van der Waals surface area contributed by atoms with Crippen molar-refractivity contribution in [2.24, 2.45) is 5.92 Å². The number of hydrogen-bond donors (Lipinski definition) is 0. The molecule has 1 amide bonds. The summed E-state index contributed by atoms with van der Waals surface area (Å²) in [4.78, 5) is 28.1. The first-order valence-electron chi connectivity index (χ1n) is 12.2. The Balaban J connectivity index is 1.31. The van der Waals surface area contributed by atoms with E-state index in [4.69, 9.17) is 4.74 Å². The average Bonchev–Trinajstić information content (AvgIpc) is 2.89. The smallest absolute Gasteiger partial charge is 0.415 e. The molecule has 3 aromatic carbocycles. The molecule has 6 heteroatoms. The van der Waals surface area contributed by atoms with Crippen LogP contribution >= 0.6 is 0 Å². The Morgan fingerprint density at radius 1 is 0.886 bits per heavy atom. The molecule has 3 aromatic rings. The highest BCUT2D eigenvalue weighted by Gasteiger charge is 2.48. The largest absolute Gasteiger partial charge is 0.440 e. The number of Topliss-reactive ketones (excluding diaryl/α,β-unsaturated/α-hetero) is 1. The quantitative estimate of drug-likeness (QED) is 0.338. The molecule has 6 rings (SSSR count). The second-order valence-corrected chi connectivity index (χ2v) is 9.73. The Kier molecular flexibility index (Phi) is 6.64. The van der Waals surface area contributed by atoms with Crippen LogP contribution in [-0.4, -0.2) is 48.6 Å². The van der Waals surface area contributed by atoms with Gasteiger partial charge in [-0.1, -0.05) is 60.7 Å². The number of anilines is 1. The molecule has 5 nitrogen and oxygen atoms in total. The average molecular weight is 474 g/mol. The van der Waals surface area contributed by atoms with E-state index in [1.54, 1.807) is 17.0 Å². The first kappa shape index (κ1) is 23.2. The van der Waals surface area contributed by atoms with Gasteiger partial charge in [-0.25, -0.2) is 9.18 Å². The van der Waals surface area contributed by atoms with Gasteiger partial charge in [-0.3, -0.25) is 9.69 Å². The molecule has 2 bridgehead atoms. The minimum absolute atomic E-state index is 0.137. The number of quaternary nitrogens is 1. The highest BCUT2D eigenvalue weighted by atomic mass is 19.1. The number of benzene rings is 3. The molecule has 1 atom stereocenters. The summed E-state index contributed by atoms with van der Waals surface area (Å²) in [6.45, 7) is 3.26. The monoisotopic (exact) mass is 473 g/mol. The predicted molar refractivity (Wildman–Crippen MR) is 133 cm³/mol. The molecular weight excluding hydrogens is 443 g/mol. The van der Waals surface area contributed by atoms with Crippen LogP contribution in [0.25, 0.3) is 0 Å². The van der Waals surface area contributed by atoms with E-state index in [0.29, 0.717) is 23.5 Å². The summed E-state index contributed by atoms with van der Waals surface area (Å²) in [7, 11) is 0. The molecule has 180 valence electrons. The minimum Gasteiger partial charge on any atom is -0.440 e. The molecule has 3 saturated heterocycles. The Labute approximate surface area is 205 Å². The summed E-state index contributed by atoms with van der Waals surface area (Å²) in [6.07, 6.45) is 1.26. The van der Waals surface area contributed by atoms with E-state index < -0.39 is 6.09 Å². The van der Waals surface area contributed by atoms with Crippen LogP contribution in [0, 0.1) is 11.7 Å². The van der Waals surface area contributed by atoms with Crippen molar-refractivity contribution in [3.63, 3.8) is 0 Å². The third-order valence-corrected chi connectivity index (χ3v) is 7.41. The molecule has 35 heavy (non-hydrogen) atoms. The van der Waals surface area contributed by atoms with Gasteiger partial charge in [0.2, 0.25) is 5.78 Å². The number of hydrogen-bond acceptors (Lipinski definition) is 3. The molecule has 3 fully saturated rings. The van der Waals surface area contributed by atoms with Crippen LogP contribution in [0.3, 0.4) is 0 Å². The van der Waals surface area contributed by atoms with Crippen molar-refractivity contribution in [2.75, 3.05) is 31.1 Å². The Morgan fingerprint density at radius 2 is 1.51 bits per heavy atom. The van der Waals surface area contributed by atoms with Crippen molar-refractivity contribution >= 4 is 17.6 Å². The Morgan fingerprint density at radius 3 is 2.17 bits per heavy atom. The van der Waals surface area contributed by atoms with Crippen molar-refractivity contribution in [2.45, 2.75) is 25.5 Å². The van der Waals surface area contributed by atoms with Gasteiger partial charge in [0.15, 0.2) is 6.10 Å². The summed E-state index contributed by atoms with van der Waals surface area (Å²) >= 11 is 0. The van der Waals surface area contributed by atoms with E-state index in [2.05, 4.69) is 0 Å². The second-order valence-electron chi connectivity index (χ2n) is 9.73. The minimum atomic E-state index is -0.410. The molecular formula is C29H30FN2O3+. The lowest BCUT2D eigenvalue weighted by Gasteiger charge is -2.51. The van der Waals surface area contributed by atoms with E-state index in [0.717, 1.165) is 42.7 Å². The van der Waals surface area contributed by atoms with Gasteiger partial charge in [-0.2, -0.15) is 0 Å². The lowest BCUT2D eigenvalue weighted by atomic mass is 9.83. The fourth-order valence-corrected chi connectivity index (χ4v) is 5.43. The first-order chi connectivity index (χ1) is 17.0. The summed E-state index contributed by atoms with van der Waals surface area (Å²) in [5.41, 5.74) is 2.28. The number of halogens is 1. The van der Waals surface area contributed by atoms with Crippen LogP contribution in [0.1, 0.15) is 28.8 Å². The number of carbonyl (C=O) groups is 2. The van der Waals surface area contributed by atoms with E-state index in [9.17, 15) is 14.0 Å². The van der Waals surface area contributed by atoms with Crippen LogP contribution in [0.4, 0.5) is 14.9 Å². The van der Waals surface area contributed by atoms with E-state index in [-0.39, 0.29) is 24.2 Å². The number of carbonyl (C=O) groups excluding carboxylic acids is 2. The molecule has 0 aromatic heterocycles. The van der Waals surface area contributed by atoms with Crippen molar-refractivity contribution in [1.29, 1.82) is 0 Å². The van der Waals surface area contributed by atoms with E-state index in [1.165, 1.54) is 12.1 Å². The summed E-state index contributed by atoms with van der Waals surface area (Å²) in [6, 6.07) is 25.0. The Bertz CT molecular complexity index is 1160. The third kappa shape index (κ3) is 5.28. The van der Waals surface area contributed by atoms with Gasteiger partial charge in [0, 0.05) is 30.0 Å². The normalized spacial score (nSPS) is 23.0. The molecule has 3 aliphatic heterocycles. The molecule has 0 N–H and O–H groups in total. The van der Waals surface area contributed by atoms with E-state index in [1.807, 2.05) is 60.7 Å². The summed E-state index contributed by atoms with van der Waals surface area (Å²) in [5, 5.41) is 0. The third-order valence-electron chi connectivity index (χ3n) is 7.41. The zero-order chi connectivity index (χ0) is 24.3. The van der Waals surface area contributed by atoms with Gasteiger partial charge in [0.25, 0.3) is 0 Å². The van der Waals surface area contributed by atoms with Crippen molar-refractivity contribution in [3.8, 4) is 0 Å².